The third-order valence-corrected chi connectivity index (χ3v) is 6.69. The monoisotopic (exact) mass is 348 g/mol. The highest BCUT2D eigenvalue weighted by Crippen LogP contribution is 2.60. The predicted octanol–water partition coefficient (Wildman–Crippen LogP) is 3.33. The fraction of sp³-hybridized carbons (Fsp3) is 0.900. The molecule has 5 rings (SSSR count). The van der Waals surface area contributed by atoms with Gasteiger partial charge in [0.15, 0.2) is 0 Å². The van der Waals surface area contributed by atoms with E-state index in [0.717, 1.165) is 50.0 Å². The molecule has 25 heavy (non-hydrogen) atoms. The Hall–Kier alpha value is -1.26. The van der Waals surface area contributed by atoms with E-state index in [1.807, 2.05) is 25.7 Å². The van der Waals surface area contributed by atoms with Gasteiger partial charge in [0.1, 0.15) is 5.60 Å². The number of carbonyl (C=O) groups excluding carboxylic acids is 2. The summed E-state index contributed by atoms with van der Waals surface area (Å²) in [7, 11) is 0. The second kappa shape index (κ2) is 5.88. The lowest BCUT2D eigenvalue weighted by atomic mass is 9.49. The van der Waals surface area contributed by atoms with Crippen molar-refractivity contribution in [1.29, 1.82) is 0 Å². The van der Waals surface area contributed by atoms with Gasteiger partial charge in [0.05, 0.1) is 11.5 Å². The third-order valence-electron chi connectivity index (χ3n) is 6.69. The number of amides is 2. The van der Waals surface area contributed by atoms with E-state index in [1.165, 1.54) is 19.3 Å². The van der Waals surface area contributed by atoms with Gasteiger partial charge in [-0.15, -0.1) is 0 Å². The van der Waals surface area contributed by atoms with Gasteiger partial charge in [-0.3, -0.25) is 4.79 Å². The fourth-order valence-corrected chi connectivity index (χ4v) is 6.24. The quantitative estimate of drug-likeness (QED) is 0.833. The van der Waals surface area contributed by atoms with Crippen LogP contribution in [0.2, 0.25) is 0 Å². The lowest BCUT2D eigenvalue weighted by Crippen LogP contribution is -2.54. The van der Waals surface area contributed by atoms with Crippen LogP contribution in [0.1, 0.15) is 65.7 Å². The molecule has 1 unspecified atom stereocenters. The summed E-state index contributed by atoms with van der Waals surface area (Å²) in [6, 6.07) is 0.0210. The Labute approximate surface area is 150 Å². The Morgan fingerprint density at radius 1 is 1.04 bits per heavy atom. The molecule has 5 fully saturated rings. The van der Waals surface area contributed by atoms with Gasteiger partial charge in [-0.25, -0.2) is 4.79 Å². The molecule has 2 amide bonds. The van der Waals surface area contributed by atoms with Crippen molar-refractivity contribution in [3.8, 4) is 0 Å². The van der Waals surface area contributed by atoms with Crippen LogP contribution in [-0.2, 0) is 9.53 Å². The van der Waals surface area contributed by atoms with Gasteiger partial charge >= 0.3 is 6.09 Å². The maximum Gasteiger partial charge on any atom is 0.407 e. The van der Waals surface area contributed by atoms with E-state index >= 15 is 0 Å². The van der Waals surface area contributed by atoms with Crippen molar-refractivity contribution >= 4 is 12.0 Å². The molecule has 4 saturated carbocycles. The molecule has 140 valence electrons. The zero-order valence-corrected chi connectivity index (χ0v) is 15.8. The van der Waals surface area contributed by atoms with Gasteiger partial charge in [0, 0.05) is 13.1 Å². The molecule has 1 N–H and O–H groups in total. The molecular weight excluding hydrogens is 316 g/mol. The summed E-state index contributed by atoms with van der Waals surface area (Å²) >= 11 is 0. The first-order chi connectivity index (χ1) is 11.7. The van der Waals surface area contributed by atoms with Crippen molar-refractivity contribution in [3.63, 3.8) is 0 Å². The molecule has 0 aromatic rings. The molecule has 0 radical (unpaired) electrons. The van der Waals surface area contributed by atoms with E-state index in [9.17, 15) is 9.59 Å². The third kappa shape index (κ3) is 3.39. The average molecular weight is 348 g/mol. The Morgan fingerprint density at radius 2 is 1.60 bits per heavy atom. The molecule has 1 aliphatic heterocycles. The minimum absolute atomic E-state index is 0.0210. The van der Waals surface area contributed by atoms with Crippen molar-refractivity contribution in [2.45, 2.75) is 77.4 Å². The van der Waals surface area contributed by atoms with E-state index in [-0.39, 0.29) is 17.6 Å². The van der Waals surface area contributed by atoms with E-state index in [0.29, 0.717) is 12.5 Å². The highest BCUT2D eigenvalue weighted by molar-refractivity contribution is 5.83. The number of nitrogens with zero attached hydrogens (tertiary/aromatic N) is 1. The van der Waals surface area contributed by atoms with Crippen LogP contribution in [0, 0.1) is 23.2 Å². The standard InChI is InChI=1S/C20H32N2O3/c1-19(2,3)25-18(24)21-16-4-5-22(12-16)17(23)20-9-13-6-14(10-20)8-15(7-13)11-20/h13-16H,4-12H2,1-3H3,(H,21,24). The molecule has 5 heteroatoms. The normalized spacial score (nSPS) is 39.6. The number of likely N-dealkylation sites (tertiary alicyclic amines) is 1. The lowest BCUT2D eigenvalue weighted by Gasteiger charge is -2.56. The molecule has 1 atom stereocenters. The number of ether oxygens (including phenoxy) is 1. The van der Waals surface area contributed by atoms with Crippen LogP contribution in [0.3, 0.4) is 0 Å². The maximum absolute atomic E-state index is 13.3. The van der Waals surface area contributed by atoms with Gasteiger partial charge in [-0.2, -0.15) is 0 Å². The summed E-state index contributed by atoms with van der Waals surface area (Å²) < 4.78 is 5.34. The molecule has 4 aliphatic carbocycles. The minimum Gasteiger partial charge on any atom is -0.444 e. The van der Waals surface area contributed by atoms with Gasteiger partial charge < -0.3 is 15.0 Å². The predicted molar refractivity (Wildman–Crippen MR) is 95.0 cm³/mol. The Morgan fingerprint density at radius 3 is 2.12 bits per heavy atom. The van der Waals surface area contributed by atoms with Crippen LogP contribution in [0.5, 0.6) is 0 Å². The molecule has 4 bridgehead atoms. The highest BCUT2D eigenvalue weighted by atomic mass is 16.6. The number of hydrogen-bond donors (Lipinski definition) is 1. The Balaban J connectivity index is 1.36. The first kappa shape index (κ1) is 17.2. The van der Waals surface area contributed by atoms with Crippen LogP contribution in [-0.4, -0.2) is 41.6 Å². The summed E-state index contributed by atoms with van der Waals surface area (Å²) in [5, 5.41) is 2.94. The zero-order valence-electron chi connectivity index (χ0n) is 15.8. The summed E-state index contributed by atoms with van der Waals surface area (Å²) in [6.07, 6.45) is 7.86. The van der Waals surface area contributed by atoms with Crippen LogP contribution in [0.15, 0.2) is 0 Å². The topological polar surface area (TPSA) is 58.6 Å². The number of rotatable bonds is 2. The molecule has 0 spiro atoms. The first-order valence-electron chi connectivity index (χ1n) is 10.0. The number of carbonyl (C=O) groups is 2. The first-order valence-corrected chi connectivity index (χ1v) is 10.0. The van der Waals surface area contributed by atoms with Crippen LogP contribution in [0.4, 0.5) is 4.79 Å². The molecule has 1 saturated heterocycles. The van der Waals surface area contributed by atoms with Crippen molar-refractivity contribution in [2.75, 3.05) is 13.1 Å². The average Bonchev–Trinajstić information content (AvgIpc) is 2.91. The van der Waals surface area contributed by atoms with Crippen LogP contribution in [0.25, 0.3) is 0 Å². The molecule has 5 aliphatic rings. The molecule has 0 aromatic carbocycles. The second-order valence-electron chi connectivity index (χ2n) is 10.1. The Bertz CT molecular complexity index is 530. The van der Waals surface area contributed by atoms with Gasteiger partial charge in [0.25, 0.3) is 0 Å². The molecular formula is C20H32N2O3. The van der Waals surface area contributed by atoms with Crippen molar-refractivity contribution in [3.05, 3.63) is 0 Å². The van der Waals surface area contributed by atoms with Crippen molar-refractivity contribution < 1.29 is 14.3 Å². The zero-order chi connectivity index (χ0) is 17.8. The fourth-order valence-electron chi connectivity index (χ4n) is 6.24. The highest BCUT2D eigenvalue weighted by Gasteiger charge is 2.56. The summed E-state index contributed by atoms with van der Waals surface area (Å²) in [6.45, 7) is 7.00. The summed E-state index contributed by atoms with van der Waals surface area (Å²) in [5.41, 5.74) is -0.563. The largest absolute Gasteiger partial charge is 0.444 e. The van der Waals surface area contributed by atoms with E-state index in [1.54, 1.807) is 0 Å². The summed E-state index contributed by atoms with van der Waals surface area (Å²) in [4.78, 5) is 27.3. The van der Waals surface area contributed by atoms with Crippen LogP contribution < -0.4 is 5.32 Å². The smallest absolute Gasteiger partial charge is 0.407 e. The number of hydrogen-bond acceptors (Lipinski definition) is 3. The number of alkyl carbamates (subject to hydrolysis) is 1. The van der Waals surface area contributed by atoms with Crippen LogP contribution >= 0.6 is 0 Å². The van der Waals surface area contributed by atoms with Gasteiger partial charge in [0.2, 0.25) is 5.91 Å². The van der Waals surface area contributed by atoms with Gasteiger partial charge in [-0.1, -0.05) is 0 Å². The molecule has 1 heterocycles. The second-order valence-corrected chi connectivity index (χ2v) is 10.1. The van der Waals surface area contributed by atoms with E-state index in [4.69, 9.17) is 4.74 Å². The lowest BCUT2D eigenvalue weighted by molar-refractivity contribution is -0.156. The van der Waals surface area contributed by atoms with Gasteiger partial charge in [-0.05, 0) is 83.5 Å². The molecule has 0 aromatic heterocycles. The maximum atomic E-state index is 13.3. The molecule has 5 nitrogen and oxygen atoms in total. The van der Waals surface area contributed by atoms with Crippen molar-refractivity contribution in [1.82, 2.24) is 10.2 Å². The Kier molecular flexibility index (Phi) is 4.04. The minimum atomic E-state index is -0.489. The SMILES string of the molecule is CC(C)(C)OC(=O)NC1CCN(C(=O)C23CC4CC(CC(C4)C2)C3)C1. The van der Waals surface area contributed by atoms with E-state index in [2.05, 4.69) is 5.32 Å². The van der Waals surface area contributed by atoms with E-state index < -0.39 is 5.60 Å². The number of nitrogens with one attached hydrogen (secondary N) is 1. The van der Waals surface area contributed by atoms with Crippen molar-refractivity contribution in [2.24, 2.45) is 23.2 Å². The summed E-state index contributed by atoms with van der Waals surface area (Å²) in [5.74, 6) is 2.73.